The lowest BCUT2D eigenvalue weighted by Gasteiger charge is -2.03. The van der Waals surface area contributed by atoms with Crippen molar-refractivity contribution in [2.24, 2.45) is 0 Å². The van der Waals surface area contributed by atoms with Crippen molar-refractivity contribution in [2.45, 2.75) is 13.3 Å². The third-order valence-corrected chi connectivity index (χ3v) is 2.66. The van der Waals surface area contributed by atoms with Gasteiger partial charge in [0.2, 0.25) is 0 Å². The maximum Gasteiger partial charge on any atom is 0.185 e. The van der Waals surface area contributed by atoms with Crippen molar-refractivity contribution >= 4 is 17.4 Å². The van der Waals surface area contributed by atoms with Crippen molar-refractivity contribution in [3.63, 3.8) is 0 Å². The maximum atomic E-state index is 13.5. The minimum absolute atomic E-state index is 0.0666. The van der Waals surface area contributed by atoms with Gasteiger partial charge in [0.15, 0.2) is 5.78 Å². The van der Waals surface area contributed by atoms with Crippen LogP contribution in [-0.2, 0) is 6.42 Å². The predicted octanol–water partition coefficient (Wildman–Crippen LogP) is 3.00. The standard InChI is InChI=1S/C13H10ClFN2O/c1-8-16-5-4-12(17-8)13(18)7-9-6-10(14)2-3-11(9)15/h2-6H,7H2,1H3. The summed E-state index contributed by atoms with van der Waals surface area (Å²) >= 11 is 5.77. The average molecular weight is 265 g/mol. The fourth-order valence-corrected chi connectivity index (χ4v) is 1.75. The molecule has 0 atom stereocenters. The lowest BCUT2D eigenvalue weighted by molar-refractivity contribution is 0.0986. The molecular formula is C13H10ClFN2O. The Morgan fingerprint density at radius 1 is 1.39 bits per heavy atom. The van der Waals surface area contributed by atoms with E-state index in [-0.39, 0.29) is 23.5 Å². The first-order valence-electron chi connectivity index (χ1n) is 5.33. The van der Waals surface area contributed by atoms with E-state index in [1.165, 1.54) is 30.5 Å². The smallest absolute Gasteiger partial charge is 0.185 e. The highest BCUT2D eigenvalue weighted by atomic mass is 35.5. The minimum atomic E-state index is -0.446. The van der Waals surface area contributed by atoms with E-state index in [4.69, 9.17) is 11.6 Å². The molecule has 1 heterocycles. The first kappa shape index (κ1) is 12.6. The summed E-state index contributed by atoms with van der Waals surface area (Å²) in [6.45, 7) is 1.69. The number of ketones is 1. The zero-order valence-corrected chi connectivity index (χ0v) is 10.4. The van der Waals surface area contributed by atoms with Gasteiger partial charge in [-0.1, -0.05) is 11.6 Å². The number of rotatable bonds is 3. The van der Waals surface area contributed by atoms with E-state index >= 15 is 0 Å². The molecule has 1 aromatic heterocycles. The van der Waals surface area contributed by atoms with Crippen molar-refractivity contribution in [1.82, 2.24) is 9.97 Å². The number of nitrogens with zero attached hydrogens (tertiary/aromatic N) is 2. The molecule has 1 aromatic carbocycles. The van der Waals surface area contributed by atoms with Crippen LogP contribution in [0.25, 0.3) is 0 Å². The monoisotopic (exact) mass is 264 g/mol. The summed E-state index contributed by atoms with van der Waals surface area (Å²) in [6.07, 6.45) is 1.44. The molecule has 18 heavy (non-hydrogen) atoms. The Labute approximate surface area is 109 Å². The van der Waals surface area contributed by atoms with Gasteiger partial charge in [0.1, 0.15) is 17.3 Å². The van der Waals surface area contributed by atoms with E-state index in [1.807, 2.05) is 0 Å². The summed E-state index contributed by atoms with van der Waals surface area (Å²) in [4.78, 5) is 19.8. The van der Waals surface area contributed by atoms with E-state index in [0.717, 1.165) is 0 Å². The van der Waals surface area contributed by atoms with Gasteiger partial charge in [-0.05, 0) is 36.8 Å². The van der Waals surface area contributed by atoms with Crippen LogP contribution in [0, 0.1) is 12.7 Å². The number of carbonyl (C=O) groups excluding carboxylic acids is 1. The second-order valence-electron chi connectivity index (χ2n) is 3.82. The number of carbonyl (C=O) groups is 1. The molecule has 0 fully saturated rings. The summed E-state index contributed by atoms with van der Waals surface area (Å²) in [5, 5.41) is 0.401. The second kappa shape index (κ2) is 5.23. The van der Waals surface area contributed by atoms with Crippen molar-refractivity contribution in [2.75, 3.05) is 0 Å². The van der Waals surface area contributed by atoms with Crippen LogP contribution in [0.4, 0.5) is 4.39 Å². The molecule has 92 valence electrons. The van der Waals surface area contributed by atoms with E-state index in [1.54, 1.807) is 6.92 Å². The van der Waals surface area contributed by atoms with Crippen molar-refractivity contribution in [3.05, 3.63) is 58.4 Å². The summed E-state index contributed by atoms with van der Waals surface area (Å²) in [5.41, 5.74) is 0.547. The Hall–Kier alpha value is -1.81. The molecule has 0 N–H and O–H groups in total. The normalized spacial score (nSPS) is 10.4. The third kappa shape index (κ3) is 2.90. The van der Waals surface area contributed by atoms with Crippen molar-refractivity contribution < 1.29 is 9.18 Å². The number of aryl methyl sites for hydroxylation is 1. The molecule has 0 saturated carbocycles. The highest BCUT2D eigenvalue weighted by Crippen LogP contribution is 2.16. The molecule has 0 radical (unpaired) electrons. The number of benzene rings is 1. The van der Waals surface area contributed by atoms with Gasteiger partial charge >= 0.3 is 0 Å². The molecule has 0 unspecified atom stereocenters. The fourth-order valence-electron chi connectivity index (χ4n) is 1.55. The summed E-state index contributed by atoms with van der Waals surface area (Å²) < 4.78 is 13.5. The van der Waals surface area contributed by atoms with Crippen LogP contribution in [-0.4, -0.2) is 15.8 Å². The van der Waals surface area contributed by atoms with Crippen LogP contribution in [0.2, 0.25) is 5.02 Å². The molecule has 0 aliphatic rings. The highest BCUT2D eigenvalue weighted by Gasteiger charge is 2.12. The third-order valence-electron chi connectivity index (χ3n) is 2.42. The zero-order valence-electron chi connectivity index (χ0n) is 9.65. The molecule has 0 spiro atoms. The Bertz CT molecular complexity index is 601. The van der Waals surface area contributed by atoms with Crippen molar-refractivity contribution in [3.8, 4) is 0 Å². The minimum Gasteiger partial charge on any atom is -0.292 e. The van der Waals surface area contributed by atoms with E-state index in [9.17, 15) is 9.18 Å². The number of hydrogen-bond acceptors (Lipinski definition) is 3. The van der Waals surface area contributed by atoms with Gasteiger partial charge in [0.05, 0.1) is 0 Å². The Balaban J connectivity index is 2.24. The van der Waals surface area contributed by atoms with Gasteiger partial charge in [-0.15, -0.1) is 0 Å². The number of aromatic nitrogens is 2. The van der Waals surface area contributed by atoms with Crippen LogP contribution in [0.15, 0.2) is 30.5 Å². The molecule has 0 aliphatic carbocycles. The number of hydrogen-bond donors (Lipinski definition) is 0. The quantitative estimate of drug-likeness (QED) is 0.801. The van der Waals surface area contributed by atoms with Crippen LogP contribution in [0.5, 0.6) is 0 Å². The molecule has 0 saturated heterocycles. The fraction of sp³-hybridized carbons (Fsp3) is 0.154. The number of halogens is 2. The van der Waals surface area contributed by atoms with Gasteiger partial charge in [0, 0.05) is 17.6 Å². The lowest BCUT2D eigenvalue weighted by Crippen LogP contribution is -2.08. The number of Topliss-reactive ketones (excluding diaryl/α,β-unsaturated/α-hetero) is 1. The van der Waals surface area contributed by atoms with Gasteiger partial charge in [-0.25, -0.2) is 14.4 Å². The largest absolute Gasteiger partial charge is 0.292 e. The van der Waals surface area contributed by atoms with Gasteiger partial charge in [0.25, 0.3) is 0 Å². The second-order valence-corrected chi connectivity index (χ2v) is 4.26. The summed E-state index contributed by atoms with van der Waals surface area (Å²) in [5.74, 6) is -0.201. The SMILES string of the molecule is Cc1nccc(C(=O)Cc2cc(Cl)ccc2F)n1. The molecule has 2 rings (SSSR count). The van der Waals surface area contributed by atoms with Crippen LogP contribution < -0.4 is 0 Å². The lowest BCUT2D eigenvalue weighted by atomic mass is 10.1. The highest BCUT2D eigenvalue weighted by molar-refractivity contribution is 6.30. The molecule has 3 nitrogen and oxygen atoms in total. The van der Waals surface area contributed by atoms with Crippen LogP contribution in [0.3, 0.4) is 0 Å². The predicted molar refractivity (Wildman–Crippen MR) is 66.2 cm³/mol. The van der Waals surface area contributed by atoms with Crippen molar-refractivity contribution in [1.29, 1.82) is 0 Å². The zero-order chi connectivity index (χ0) is 13.1. The summed E-state index contributed by atoms with van der Waals surface area (Å²) in [7, 11) is 0. The Morgan fingerprint density at radius 3 is 2.89 bits per heavy atom. The van der Waals surface area contributed by atoms with Gasteiger partial charge in [-0.2, -0.15) is 0 Å². The molecular weight excluding hydrogens is 255 g/mol. The van der Waals surface area contributed by atoms with Gasteiger partial charge in [-0.3, -0.25) is 4.79 Å². The van der Waals surface area contributed by atoms with E-state index in [0.29, 0.717) is 10.8 Å². The van der Waals surface area contributed by atoms with Crippen LogP contribution >= 0.6 is 11.6 Å². The molecule has 0 bridgehead atoms. The average Bonchev–Trinajstić information content (AvgIpc) is 2.34. The topological polar surface area (TPSA) is 42.9 Å². The van der Waals surface area contributed by atoms with Gasteiger partial charge < -0.3 is 0 Å². The first-order valence-corrected chi connectivity index (χ1v) is 5.71. The Morgan fingerprint density at radius 2 is 2.17 bits per heavy atom. The Kier molecular flexibility index (Phi) is 3.67. The summed E-state index contributed by atoms with van der Waals surface area (Å²) in [6, 6.07) is 5.65. The van der Waals surface area contributed by atoms with E-state index in [2.05, 4.69) is 9.97 Å². The molecule has 5 heteroatoms. The first-order chi connectivity index (χ1) is 8.56. The maximum absolute atomic E-state index is 13.5. The molecule has 0 aliphatic heterocycles. The van der Waals surface area contributed by atoms with E-state index < -0.39 is 5.82 Å². The molecule has 0 amide bonds. The molecule has 2 aromatic rings. The van der Waals surface area contributed by atoms with Crippen LogP contribution in [0.1, 0.15) is 21.9 Å².